The molecule has 0 saturated carbocycles. The number of fused-ring (bicyclic) bond motifs is 1. The molecule has 0 spiro atoms. The molecule has 4 rings (SSSR count). The summed E-state index contributed by atoms with van der Waals surface area (Å²) in [5, 5.41) is 11.4. The molecule has 0 aliphatic heterocycles. The number of aryl methyl sites for hydroxylation is 1. The molecule has 0 radical (unpaired) electrons. The van der Waals surface area contributed by atoms with Gasteiger partial charge in [-0.15, -0.1) is 5.10 Å². The van der Waals surface area contributed by atoms with Gasteiger partial charge in [-0.25, -0.2) is 0 Å². The minimum atomic E-state index is -0.562. The van der Waals surface area contributed by atoms with Crippen LogP contribution in [0.15, 0.2) is 48.5 Å². The van der Waals surface area contributed by atoms with Crippen molar-refractivity contribution in [1.29, 1.82) is 0 Å². The summed E-state index contributed by atoms with van der Waals surface area (Å²) in [6.45, 7) is 2.54. The average molecular weight is 374 g/mol. The number of carbonyl (C=O) groups is 1. The van der Waals surface area contributed by atoms with Crippen molar-refractivity contribution in [3.05, 3.63) is 65.5 Å². The van der Waals surface area contributed by atoms with Gasteiger partial charge in [0.25, 0.3) is 11.9 Å². The third-order valence-electron chi connectivity index (χ3n) is 4.21. The number of nitrogens with zero attached hydrogens (tertiary/aromatic N) is 6. The van der Waals surface area contributed by atoms with E-state index in [1.807, 2.05) is 37.3 Å². The van der Waals surface area contributed by atoms with Gasteiger partial charge in [0.1, 0.15) is 11.3 Å². The lowest BCUT2D eigenvalue weighted by Gasteiger charge is -2.08. The summed E-state index contributed by atoms with van der Waals surface area (Å²) in [5.41, 5.74) is 7.84. The van der Waals surface area contributed by atoms with Crippen molar-refractivity contribution in [3.63, 3.8) is 0 Å². The normalized spacial score (nSPS) is 10.9. The van der Waals surface area contributed by atoms with E-state index in [4.69, 9.17) is 5.73 Å². The Hall–Kier alpha value is -3.88. The van der Waals surface area contributed by atoms with Crippen molar-refractivity contribution in [2.75, 3.05) is 5.32 Å². The lowest BCUT2D eigenvalue weighted by Crippen LogP contribution is -2.12. The molecule has 28 heavy (non-hydrogen) atoms. The zero-order valence-corrected chi connectivity index (χ0v) is 15.2. The van der Waals surface area contributed by atoms with Crippen LogP contribution in [0.1, 0.15) is 28.7 Å². The first-order valence-electron chi connectivity index (χ1n) is 8.83. The Morgan fingerprint density at radius 1 is 1.07 bits per heavy atom. The zero-order chi connectivity index (χ0) is 19.5. The van der Waals surface area contributed by atoms with Crippen LogP contribution in [-0.2, 0) is 13.0 Å². The molecule has 4 aromatic rings. The molecule has 3 N–H and O–H groups in total. The number of primary amides is 1. The standard InChI is InChI=1S/C19H18N8O/c1-2-15-22-18(21-11-12-7-4-3-5-8-12)24-19(23-15)27-14-10-6-9-13(17(20)28)16(14)25-26-27/h3-10H,2,11H2,1H3,(H2,20,28)(H,21,22,23,24). The molecular formula is C19H18N8O. The molecule has 0 saturated heterocycles. The van der Waals surface area contributed by atoms with Gasteiger partial charge in [-0.1, -0.05) is 48.5 Å². The summed E-state index contributed by atoms with van der Waals surface area (Å²) in [4.78, 5) is 25.0. The highest BCUT2D eigenvalue weighted by Gasteiger charge is 2.16. The van der Waals surface area contributed by atoms with Crippen LogP contribution in [-0.4, -0.2) is 35.9 Å². The number of amides is 1. The van der Waals surface area contributed by atoms with Gasteiger partial charge in [-0.05, 0) is 17.7 Å². The van der Waals surface area contributed by atoms with E-state index in [2.05, 4.69) is 30.6 Å². The molecular weight excluding hydrogens is 356 g/mol. The van der Waals surface area contributed by atoms with Crippen LogP contribution in [0.2, 0.25) is 0 Å². The minimum absolute atomic E-state index is 0.302. The van der Waals surface area contributed by atoms with Crippen LogP contribution < -0.4 is 11.1 Å². The van der Waals surface area contributed by atoms with Gasteiger partial charge in [0, 0.05) is 13.0 Å². The van der Waals surface area contributed by atoms with E-state index in [9.17, 15) is 4.79 Å². The number of rotatable bonds is 6. The SMILES string of the molecule is CCc1nc(NCc2ccccc2)nc(-n2nnc3c(C(N)=O)cccc32)n1. The van der Waals surface area contributed by atoms with E-state index >= 15 is 0 Å². The van der Waals surface area contributed by atoms with Gasteiger partial charge < -0.3 is 11.1 Å². The summed E-state index contributed by atoms with van der Waals surface area (Å²) in [6, 6.07) is 15.1. The number of anilines is 1. The largest absolute Gasteiger partial charge is 0.366 e. The van der Waals surface area contributed by atoms with Gasteiger partial charge in [0.15, 0.2) is 0 Å². The molecule has 1 amide bonds. The Balaban J connectivity index is 1.73. The number of nitrogens with two attached hydrogens (primary N) is 1. The van der Waals surface area contributed by atoms with Crippen molar-refractivity contribution in [1.82, 2.24) is 29.9 Å². The third kappa shape index (κ3) is 3.37. The van der Waals surface area contributed by atoms with Crippen molar-refractivity contribution in [3.8, 4) is 5.95 Å². The van der Waals surface area contributed by atoms with E-state index < -0.39 is 5.91 Å². The molecule has 0 aliphatic rings. The Labute approximate surface area is 160 Å². The topological polar surface area (TPSA) is 125 Å². The van der Waals surface area contributed by atoms with Gasteiger partial charge >= 0.3 is 0 Å². The Morgan fingerprint density at radius 2 is 1.89 bits per heavy atom. The minimum Gasteiger partial charge on any atom is -0.366 e. The first-order chi connectivity index (χ1) is 13.7. The second kappa shape index (κ2) is 7.39. The first kappa shape index (κ1) is 17.5. The molecule has 140 valence electrons. The van der Waals surface area contributed by atoms with Crippen molar-refractivity contribution in [2.24, 2.45) is 5.73 Å². The molecule has 0 aliphatic carbocycles. The monoisotopic (exact) mass is 374 g/mol. The maximum Gasteiger partial charge on any atom is 0.257 e. The summed E-state index contributed by atoms with van der Waals surface area (Å²) < 4.78 is 1.48. The summed E-state index contributed by atoms with van der Waals surface area (Å²) >= 11 is 0. The van der Waals surface area contributed by atoms with Crippen molar-refractivity contribution < 1.29 is 4.79 Å². The number of aromatic nitrogens is 6. The maximum absolute atomic E-state index is 11.6. The molecule has 2 heterocycles. The Morgan fingerprint density at radius 3 is 2.64 bits per heavy atom. The van der Waals surface area contributed by atoms with Gasteiger partial charge in [0.2, 0.25) is 5.95 Å². The molecule has 0 unspecified atom stereocenters. The lowest BCUT2D eigenvalue weighted by molar-refractivity contribution is 0.100. The molecule has 0 atom stereocenters. The van der Waals surface area contributed by atoms with E-state index in [0.29, 0.717) is 47.3 Å². The highest BCUT2D eigenvalue weighted by Crippen LogP contribution is 2.18. The second-order valence-corrected chi connectivity index (χ2v) is 6.11. The van der Waals surface area contributed by atoms with Crippen molar-refractivity contribution >= 4 is 22.9 Å². The Kier molecular flexibility index (Phi) is 4.63. The average Bonchev–Trinajstić information content (AvgIpc) is 3.17. The van der Waals surface area contributed by atoms with E-state index in [0.717, 1.165) is 5.56 Å². The van der Waals surface area contributed by atoms with E-state index in [1.54, 1.807) is 18.2 Å². The van der Waals surface area contributed by atoms with Crippen LogP contribution in [0.3, 0.4) is 0 Å². The first-order valence-corrected chi connectivity index (χ1v) is 8.83. The number of nitrogens with one attached hydrogen (secondary N) is 1. The maximum atomic E-state index is 11.6. The van der Waals surface area contributed by atoms with Crippen molar-refractivity contribution in [2.45, 2.75) is 19.9 Å². The van der Waals surface area contributed by atoms with Crippen LogP contribution in [0, 0.1) is 0 Å². The fourth-order valence-electron chi connectivity index (χ4n) is 2.81. The predicted octanol–water partition coefficient (Wildman–Crippen LogP) is 1.88. The quantitative estimate of drug-likeness (QED) is 0.528. The van der Waals surface area contributed by atoms with Gasteiger partial charge in [-0.3, -0.25) is 4.79 Å². The molecule has 0 fully saturated rings. The predicted molar refractivity (Wildman–Crippen MR) is 104 cm³/mol. The Bertz CT molecular complexity index is 1140. The molecule has 0 bridgehead atoms. The smallest absolute Gasteiger partial charge is 0.257 e. The van der Waals surface area contributed by atoms with Gasteiger partial charge in [-0.2, -0.15) is 19.6 Å². The van der Waals surface area contributed by atoms with Crippen LogP contribution in [0.4, 0.5) is 5.95 Å². The fraction of sp³-hybridized carbons (Fsp3) is 0.158. The summed E-state index contributed by atoms with van der Waals surface area (Å²) in [7, 11) is 0. The number of hydrogen-bond acceptors (Lipinski definition) is 7. The van der Waals surface area contributed by atoms with E-state index in [1.165, 1.54) is 4.68 Å². The number of benzene rings is 2. The number of carbonyl (C=O) groups excluding carboxylic acids is 1. The molecule has 9 nitrogen and oxygen atoms in total. The number of hydrogen-bond donors (Lipinski definition) is 2. The molecule has 2 aromatic carbocycles. The van der Waals surface area contributed by atoms with Crippen LogP contribution in [0.25, 0.3) is 17.0 Å². The summed E-state index contributed by atoms with van der Waals surface area (Å²) in [5.74, 6) is 0.829. The molecule has 2 aromatic heterocycles. The summed E-state index contributed by atoms with van der Waals surface area (Å²) in [6.07, 6.45) is 0.634. The highest BCUT2D eigenvalue weighted by atomic mass is 16.1. The fourth-order valence-corrected chi connectivity index (χ4v) is 2.81. The van der Waals surface area contributed by atoms with E-state index in [-0.39, 0.29) is 0 Å². The van der Waals surface area contributed by atoms with Crippen LogP contribution in [0.5, 0.6) is 0 Å². The third-order valence-corrected chi connectivity index (χ3v) is 4.21. The second-order valence-electron chi connectivity index (χ2n) is 6.11. The highest BCUT2D eigenvalue weighted by molar-refractivity contribution is 6.03. The van der Waals surface area contributed by atoms with Gasteiger partial charge in [0.05, 0.1) is 11.1 Å². The molecule has 9 heteroatoms. The van der Waals surface area contributed by atoms with Crippen LogP contribution >= 0.6 is 0 Å². The lowest BCUT2D eigenvalue weighted by atomic mass is 10.2. The zero-order valence-electron chi connectivity index (χ0n) is 15.2.